The van der Waals surface area contributed by atoms with Gasteiger partial charge in [-0.25, -0.2) is 0 Å². The van der Waals surface area contributed by atoms with Crippen molar-refractivity contribution in [2.45, 2.75) is 38.1 Å². The number of amides is 1. The SMILES string of the molecule is CCCCn1c(SCC(=O)Nc2ccc(OC(F)F)cc2)nnc1-c1ccc(OC)cc1. The molecule has 0 aliphatic carbocycles. The summed E-state index contributed by atoms with van der Waals surface area (Å²) in [6.07, 6.45) is 1.96. The number of methoxy groups -OCH3 is 1. The molecule has 0 radical (unpaired) electrons. The first-order valence-corrected chi connectivity index (χ1v) is 11.0. The minimum Gasteiger partial charge on any atom is -0.497 e. The molecule has 0 fully saturated rings. The highest BCUT2D eigenvalue weighted by Gasteiger charge is 2.16. The monoisotopic (exact) mass is 462 g/mol. The number of nitrogens with one attached hydrogen (secondary N) is 1. The fourth-order valence-corrected chi connectivity index (χ4v) is 3.68. The number of alkyl halides is 2. The van der Waals surface area contributed by atoms with Crippen LogP contribution in [0.1, 0.15) is 19.8 Å². The van der Waals surface area contributed by atoms with E-state index in [0.717, 1.165) is 36.5 Å². The van der Waals surface area contributed by atoms with E-state index < -0.39 is 6.61 Å². The molecular formula is C22H24F2N4O3S. The second-order valence-electron chi connectivity index (χ2n) is 6.78. The molecule has 0 aliphatic heterocycles. The van der Waals surface area contributed by atoms with Crippen molar-refractivity contribution in [1.82, 2.24) is 14.8 Å². The lowest BCUT2D eigenvalue weighted by atomic mass is 10.2. The Morgan fingerprint density at radius 3 is 2.41 bits per heavy atom. The van der Waals surface area contributed by atoms with E-state index >= 15 is 0 Å². The van der Waals surface area contributed by atoms with E-state index in [1.54, 1.807) is 7.11 Å². The summed E-state index contributed by atoms with van der Waals surface area (Å²) < 4.78 is 36.0. The van der Waals surface area contributed by atoms with E-state index in [-0.39, 0.29) is 17.4 Å². The van der Waals surface area contributed by atoms with Gasteiger partial charge in [0.15, 0.2) is 11.0 Å². The van der Waals surface area contributed by atoms with Crippen molar-refractivity contribution in [3.63, 3.8) is 0 Å². The van der Waals surface area contributed by atoms with Gasteiger partial charge in [0.1, 0.15) is 11.5 Å². The molecule has 1 N–H and O–H groups in total. The van der Waals surface area contributed by atoms with Crippen molar-refractivity contribution in [1.29, 1.82) is 0 Å². The van der Waals surface area contributed by atoms with Gasteiger partial charge in [0, 0.05) is 17.8 Å². The van der Waals surface area contributed by atoms with Crippen molar-refractivity contribution in [3.8, 4) is 22.9 Å². The number of hydrogen-bond donors (Lipinski definition) is 1. The number of hydrogen-bond acceptors (Lipinski definition) is 6. The van der Waals surface area contributed by atoms with Crippen LogP contribution >= 0.6 is 11.8 Å². The van der Waals surface area contributed by atoms with Gasteiger partial charge in [-0.15, -0.1) is 10.2 Å². The summed E-state index contributed by atoms with van der Waals surface area (Å²) in [4.78, 5) is 12.4. The van der Waals surface area contributed by atoms with Crippen LogP contribution in [-0.4, -0.2) is 40.1 Å². The largest absolute Gasteiger partial charge is 0.497 e. The van der Waals surface area contributed by atoms with E-state index in [2.05, 4.69) is 27.2 Å². The fourth-order valence-electron chi connectivity index (χ4n) is 2.91. The smallest absolute Gasteiger partial charge is 0.387 e. The number of unbranched alkanes of at least 4 members (excludes halogenated alkanes) is 1. The molecule has 3 rings (SSSR count). The quantitative estimate of drug-likeness (QED) is 0.400. The highest BCUT2D eigenvalue weighted by Crippen LogP contribution is 2.26. The summed E-state index contributed by atoms with van der Waals surface area (Å²) in [5, 5.41) is 12.0. The molecule has 0 unspecified atom stereocenters. The van der Waals surface area contributed by atoms with Crippen LogP contribution in [0.2, 0.25) is 0 Å². The van der Waals surface area contributed by atoms with Gasteiger partial charge in [0.25, 0.3) is 0 Å². The zero-order valence-electron chi connectivity index (χ0n) is 17.8. The number of benzene rings is 2. The Morgan fingerprint density at radius 1 is 1.09 bits per heavy atom. The van der Waals surface area contributed by atoms with E-state index in [0.29, 0.717) is 10.8 Å². The number of carbonyl (C=O) groups excluding carboxylic acids is 1. The first kappa shape index (κ1) is 23.5. The molecule has 32 heavy (non-hydrogen) atoms. The predicted molar refractivity (Wildman–Crippen MR) is 119 cm³/mol. The minimum atomic E-state index is -2.89. The van der Waals surface area contributed by atoms with E-state index in [4.69, 9.17) is 4.74 Å². The third-order valence-electron chi connectivity index (χ3n) is 4.50. The van der Waals surface area contributed by atoms with Gasteiger partial charge in [-0.1, -0.05) is 25.1 Å². The summed E-state index contributed by atoms with van der Waals surface area (Å²) in [5.41, 5.74) is 1.40. The Morgan fingerprint density at radius 2 is 1.78 bits per heavy atom. The number of halogens is 2. The first-order chi connectivity index (χ1) is 15.5. The standard InChI is InChI=1S/C22H24F2N4O3S/c1-3-4-13-28-20(15-5-9-17(30-2)10-6-15)26-27-22(28)32-14-19(29)25-16-7-11-18(12-8-16)31-21(23)24/h5-12,21H,3-4,13-14H2,1-2H3,(H,25,29). The number of aromatic nitrogens is 3. The molecule has 3 aromatic rings. The van der Waals surface area contributed by atoms with E-state index in [9.17, 15) is 13.6 Å². The lowest BCUT2D eigenvalue weighted by Crippen LogP contribution is -2.14. The molecule has 0 atom stereocenters. The predicted octanol–water partition coefficient (Wildman–Crippen LogP) is 5.09. The molecule has 1 heterocycles. The van der Waals surface area contributed by atoms with Gasteiger partial charge in [-0.3, -0.25) is 4.79 Å². The molecule has 0 bridgehead atoms. The Kier molecular flexibility index (Phi) is 8.43. The van der Waals surface area contributed by atoms with Crippen LogP contribution in [0.3, 0.4) is 0 Å². The van der Waals surface area contributed by atoms with Crippen molar-refractivity contribution in [2.24, 2.45) is 0 Å². The Labute approximate surface area is 189 Å². The summed E-state index contributed by atoms with van der Waals surface area (Å²) in [5.74, 6) is 1.41. The van der Waals surface area contributed by atoms with Crippen LogP contribution in [0.25, 0.3) is 11.4 Å². The van der Waals surface area contributed by atoms with Crippen molar-refractivity contribution < 1.29 is 23.0 Å². The van der Waals surface area contributed by atoms with Crippen molar-refractivity contribution >= 4 is 23.4 Å². The van der Waals surface area contributed by atoms with Gasteiger partial charge < -0.3 is 19.4 Å². The number of thioether (sulfide) groups is 1. The number of anilines is 1. The second-order valence-corrected chi connectivity index (χ2v) is 7.72. The van der Waals surface area contributed by atoms with Crippen LogP contribution < -0.4 is 14.8 Å². The average Bonchev–Trinajstić information content (AvgIpc) is 3.20. The number of rotatable bonds is 11. The number of ether oxygens (including phenoxy) is 2. The number of nitrogens with zero attached hydrogens (tertiary/aromatic N) is 3. The molecule has 0 spiro atoms. The van der Waals surface area contributed by atoms with E-state index in [1.807, 2.05) is 28.8 Å². The Bertz CT molecular complexity index is 1010. The Balaban J connectivity index is 1.65. The molecule has 2 aromatic carbocycles. The van der Waals surface area contributed by atoms with Crippen LogP contribution in [0.4, 0.5) is 14.5 Å². The molecule has 0 saturated heterocycles. The van der Waals surface area contributed by atoms with Crippen LogP contribution in [-0.2, 0) is 11.3 Å². The van der Waals surface area contributed by atoms with Crippen molar-refractivity contribution in [2.75, 3.05) is 18.2 Å². The minimum absolute atomic E-state index is 0.0301. The molecular weight excluding hydrogens is 438 g/mol. The maximum absolute atomic E-state index is 12.4. The average molecular weight is 463 g/mol. The third kappa shape index (κ3) is 6.43. The van der Waals surface area contributed by atoms with Crippen molar-refractivity contribution in [3.05, 3.63) is 48.5 Å². The molecule has 7 nitrogen and oxygen atoms in total. The summed E-state index contributed by atoms with van der Waals surface area (Å²) in [7, 11) is 1.62. The summed E-state index contributed by atoms with van der Waals surface area (Å²) >= 11 is 1.29. The maximum Gasteiger partial charge on any atom is 0.387 e. The van der Waals surface area contributed by atoms with Gasteiger partial charge in [-0.2, -0.15) is 8.78 Å². The lowest BCUT2D eigenvalue weighted by molar-refractivity contribution is -0.113. The molecule has 1 aromatic heterocycles. The van der Waals surface area contributed by atoms with Gasteiger partial charge in [-0.05, 0) is 55.0 Å². The normalized spacial score (nSPS) is 10.9. The van der Waals surface area contributed by atoms with Gasteiger partial charge in [0.2, 0.25) is 5.91 Å². The first-order valence-electron chi connectivity index (χ1n) is 10.0. The van der Waals surface area contributed by atoms with Gasteiger partial charge in [0.05, 0.1) is 12.9 Å². The summed E-state index contributed by atoms with van der Waals surface area (Å²) in [6, 6.07) is 13.3. The maximum atomic E-state index is 12.4. The topological polar surface area (TPSA) is 78.3 Å². The van der Waals surface area contributed by atoms with Crippen LogP contribution in [0.5, 0.6) is 11.5 Å². The van der Waals surface area contributed by atoms with Crippen LogP contribution in [0.15, 0.2) is 53.7 Å². The summed E-state index contributed by atoms with van der Waals surface area (Å²) in [6.45, 7) is -0.0462. The molecule has 0 saturated carbocycles. The molecule has 0 aliphatic rings. The van der Waals surface area contributed by atoms with Crippen LogP contribution in [0, 0.1) is 0 Å². The second kappa shape index (κ2) is 11.5. The number of carbonyl (C=O) groups is 1. The molecule has 170 valence electrons. The zero-order valence-corrected chi connectivity index (χ0v) is 18.6. The highest BCUT2D eigenvalue weighted by atomic mass is 32.2. The molecule has 1 amide bonds. The zero-order chi connectivity index (χ0) is 22.9. The Hall–Kier alpha value is -3.14. The highest BCUT2D eigenvalue weighted by molar-refractivity contribution is 7.99. The van der Waals surface area contributed by atoms with E-state index in [1.165, 1.54) is 36.0 Å². The fraction of sp³-hybridized carbons (Fsp3) is 0.318. The third-order valence-corrected chi connectivity index (χ3v) is 5.46. The lowest BCUT2D eigenvalue weighted by Gasteiger charge is -2.10. The molecule has 10 heteroatoms. The van der Waals surface area contributed by atoms with Gasteiger partial charge >= 0.3 is 6.61 Å².